The number of alkyl halides is 3. The largest absolute Gasteiger partial charge is 0.486 e. The Balaban J connectivity index is 2.03. The van der Waals surface area contributed by atoms with Gasteiger partial charge in [0.15, 0.2) is 11.3 Å². The molecule has 3 rings (SSSR count). The minimum atomic E-state index is -4.77. The van der Waals surface area contributed by atoms with E-state index in [2.05, 4.69) is 19.7 Å². The summed E-state index contributed by atoms with van der Waals surface area (Å²) >= 11 is 0. The molecule has 3 aromatic rings. The van der Waals surface area contributed by atoms with Crippen LogP contribution >= 0.6 is 0 Å². The van der Waals surface area contributed by atoms with Gasteiger partial charge in [0.1, 0.15) is 17.7 Å². The van der Waals surface area contributed by atoms with Gasteiger partial charge in [-0.3, -0.25) is 4.79 Å². The Kier molecular flexibility index (Phi) is 5.27. The summed E-state index contributed by atoms with van der Waals surface area (Å²) in [6.07, 6.45) is -5.86. The number of aromatic amines is 1. The maximum Gasteiger partial charge on any atom is 0.433 e. The highest BCUT2D eigenvalue weighted by atomic mass is 19.4. The second-order valence-corrected chi connectivity index (χ2v) is 6.22. The summed E-state index contributed by atoms with van der Waals surface area (Å²) in [5, 5.41) is -0.0740. The molecule has 1 N–H and O–H groups in total. The number of fused-ring (bicyclic) bond motifs is 1. The van der Waals surface area contributed by atoms with Crippen molar-refractivity contribution in [2.75, 3.05) is 7.11 Å². The summed E-state index contributed by atoms with van der Waals surface area (Å²) in [4.78, 5) is 33.5. The Morgan fingerprint density at radius 1 is 1.17 bits per heavy atom. The first-order valence-corrected chi connectivity index (χ1v) is 8.44. The highest BCUT2D eigenvalue weighted by Crippen LogP contribution is 2.35. The molecule has 0 aliphatic heterocycles. The van der Waals surface area contributed by atoms with Crippen LogP contribution in [0.3, 0.4) is 0 Å². The fourth-order valence-corrected chi connectivity index (χ4v) is 2.78. The molecule has 2 heterocycles. The summed E-state index contributed by atoms with van der Waals surface area (Å²) in [6, 6.07) is 6.80. The minimum Gasteiger partial charge on any atom is -0.486 e. The third-order valence-corrected chi connectivity index (χ3v) is 4.14. The maximum atomic E-state index is 13.6. The zero-order valence-corrected chi connectivity index (χ0v) is 15.6. The van der Waals surface area contributed by atoms with Crippen LogP contribution in [0.25, 0.3) is 11.0 Å². The van der Waals surface area contributed by atoms with E-state index < -0.39 is 29.5 Å². The van der Waals surface area contributed by atoms with E-state index in [4.69, 9.17) is 4.74 Å². The first-order valence-electron chi connectivity index (χ1n) is 8.44. The van der Waals surface area contributed by atoms with E-state index in [9.17, 15) is 22.8 Å². The lowest BCUT2D eigenvalue weighted by Crippen LogP contribution is -2.19. The highest BCUT2D eigenvalue weighted by molar-refractivity contribution is 5.89. The lowest BCUT2D eigenvalue weighted by Gasteiger charge is -2.19. The second kappa shape index (κ2) is 7.53. The molecule has 0 amide bonds. The van der Waals surface area contributed by atoms with Gasteiger partial charge in [-0.1, -0.05) is 0 Å². The summed E-state index contributed by atoms with van der Waals surface area (Å²) in [5.41, 5.74) is -2.11. The Morgan fingerprint density at radius 3 is 2.41 bits per heavy atom. The van der Waals surface area contributed by atoms with Gasteiger partial charge >= 0.3 is 12.1 Å². The van der Waals surface area contributed by atoms with Gasteiger partial charge in [-0.2, -0.15) is 13.2 Å². The number of methoxy groups -OCH3 is 1. The van der Waals surface area contributed by atoms with E-state index in [1.807, 2.05) is 0 Å². The number of esters is 1. The smallest absolute Gasteiger partial charge is 0.433 e. The number of carbonyl (C=O) groups excluding carboxylic acids is 1. The van der Waals surface area contributed by atoms with Gasteiger partial charge in [-0.05, 0) is 44.2 Å². The zero-order valence-electron chi connectivity index (χ0n) is 15.6. The van der Waals surface area contributed by atoms with Gasteiger partial charge in [0.05, 0.1) is 18.1 Å². The van der Waals surface area contributed by atoms with Gasteiger partial charge in [-0.25, -0.2) is 14.8 Å². The number of pyridine rings is 1. The molecule has 0 bridgehead atoms. The zero-order chi connectivity index (χ0) is 21.3. The molecule has 0 fully saturated rings. The SMILES string of the molecule is COC(=O)c1ccc(O[C@H](C)c2cc3c(=O)[nH]c(C)nc3nc2C(F)(F)F)cc1. The fraction of sp³-hybridized carbons (Fsp3) is 0.263. The number of hydrogen-bond acceptors (Lipinski definition) is 6. The highest BCUT2D eigenvalue weighted by Gasteiger charge is 2.38. The van der Waals surface area contributed by atoms with Gasteiger partial charge in [0.2, 0.25) is 0 Å². The van der Waals surface area contributed by atoms with Crippen LogP contribution in [0.1, 0.15) is 40.5 Å². The molecule has 1 aromatic carbocycles. The Hall–Kier alpha value is -3.43. The van der Waals surface area contributed by atoms with Crippen molar-refractivity contribution in [3.05, 3.63) is 63.3 Å². The van der Waals surface area contributed by atoms with Gasteiger partial charge in [0, 0.05) is 5.56 Å². The van der Waals surface area contributed by atoms with Crippen LogP contribution in [0.15, 0.2) is 35.1 Å². The number of hydrogen-bond donors (Lipinski definition) is 1. The van der Waals surface area contributed by atoms with Gasteiger partial charge in [-0.15, -0.1) is 0 Å². The van der Waals surface area contributed by atoms with Crippen molar-refractivity contribution in [2.24, 2.45) is 0 Å². The lowest BCUT2D eigenvalue weighted by atomic mass is 10.1. The van der Waals surface area contributed by atoms with Crippen molar-refractivity contribution in [1.29, 1.82) is 0 Å². The molecular weight excluding hydrogens is 391 g/mol. The molecule has 0 radical (unpaired) electrons. The monoisotopic (exact) mass is 407 g/mol. The van der Waals surface area contributed by atoms with Crippen LogP contribution < -0.4 is 10.3 Å². The molecule has 29 heavy (non-hydrogen) atoms. The van der Waals surface area contributed by atoms with Crippen molar-refractivity contribution >= 4 is 17.0 Å². The second-order valence-electron chi connectivity index (χ2n) is 6.22. The summed E-state index contributed by atoms with van der Waals surface area (Å²) in [7, 11) is 1.23. The van der Waals surface area contributed by atoms with E-state index in [1.165, 1.54) is 45.2 Å². The van der Waals surface area contributed by atoms with Crippen molar-refractivity contribution in [2.45, 2.75) is 26.1 Å². The van der Waals surface area contributed by atoms with Crippen LogP contribution in [0.2, 0.25) is 0 Å². The number of benzene rings is 1. The van der Waals surface area contributed by atoms with Crippen molar-refractivity contribution in [1.82, 2.24) is 15.0 Å². The molecule has 2 aromatic heterocycles. The number of aromatic nitrogens is 3. The third kappa shape index (κ3) is 4.20. The van der Waals surface area contributed by atoms with Crippen LogP contribution in [-0.4, -0.2) is 28.0 Å². The Labute approximate surface area is 162 Å². The third-order valence-electron chi connectivity index (χ3n) is 4.14. The van der Waals surface area contributed by atoms with E-state index in [-0.39, 0.29) is 33.7 Å². The number of aryl methyl sites for hydroxylation is 1. The number of H-pyrrole nitrogens is 1. The van der Waals surface area contributed by atoms with Crippen molar-refractivity contribution in [3.63, 3.8) is 0 Å². The van der Waals surface area contributed by atoms with Crippen molar-refractivity contribution in [3.8, 4) is 5.75 Å². The molecule has 0 aliphatic carbocycles. The Morgan fingerprint density at radius 2 is 1.83 bits per heavy atom. The quantitative estimate of drug-likeness (QED) is 0.665. The fourth-order valence-electron chi connectivity index (χ4n) is 2.78. The standard InChI is InChI=1S/C19H16F3N3O4/c1-9(29-12-6-4-11(5-7-12)18(27)28-3)13-8-14-16(23-10(2)24-17(14)26)25-15(13)19(20,21)22/h4-9H,1-3H3,(H,23,24,25,26)/t9-/m1/s1. The predicted octanol–water partition coefficient (Wildman–Crippen LogP) is 3.57. The normalized spacial score (nSPS) is 12.6. The number of halogens is 3. The Bertz CT molecular complexity index is 1120. The number of nitrogens with one attached hydrogen (secondary N) is 1. The molecule has 10 heteroatoms. The molecule has 0 unspecified atom stereocenters. The molecule has 0 saturated heterocycles. The van der Waals surface area contributed by atoms with Crippen LogP contribution in [-0.2, 0) is 10.9 Å². The molecule has 1 atom stereocenters. The van der Waals surface area contributed by atoms with E-state index >= 15 is 0 Å². The average Bonchev–Trinajstić information content (AvgIpc) is 2.66. The first kappa shape index (κ1) is 20.3. The van der Waals surface area contributed by atoms with Crippen LogP contribution in [0.5, 0.6) is 5.75 Å². The first-order chi connectivity index (χ1) is 13.6. The maximum absolute atomic E-state index is 13.6. The van der Waals surface area contributed by atoms with Crippen molar-refractivity contribution < 1.29 is 27.4 Å². The van der Waals surface area contributed by atoms with Gasteiger partial charge in [0.25, 0.3) is 5.56 Å². The number of carbonyl (C=O) groups is 1. The number of nitrogens with zero attached hydrogens (tertiary/aromatic N) is 2. The topological polar surface area (TPSA) is 94.2 Å². The lowest BCUT2D eigenvalue weighted by molar-refractivity contribution is -0.142. The average molecular weight is 407 g/mol. The predicted molar refractivity (Wildman–Crippen MR) is 96.7 cm³/mol. The summed E-state index contributed by atoms with van der Waals surface area (Å²) in [6.45, 7) is 2.86. The van der Waals surface area contributed by atoms with Crippen LogP contribution in [0, 0.1) is 6.92 Å². The number of rotatable bonds is 4. The van der Waals surface area contributed by atoms with E-state index in [1.54, 1.807) is 0 Å². The number of ether oxygens (including phenoxy) is 2. The van der Waals surface area contributed by atoms with Crippen LogP contribution in [0.4, 0.5) is 13.2 Å². The van der Waals surface area contributed by atoms with Gasteiger partial charge < -0.3 is 14.5 Å². The van der Waals surface area contributed by atoms with E-state index in [0.29, 0.717) is 0 Å². The summed E-state index contributed by atoms with van der Waals surface area (Å²) < 4.78 is 50.9. The molecule has 0 spiro atoms. The molecule has 7 nitrogen and oxygen atoms in total. The molecular formula is C19H16F3N3O4. The molecule has 0 aliphatic rings. The molecule has 0 saturated carbocycles. The molecule has 152 valence electrons. The minimum absolute atomic E-state index is 0.0740. The van der Waals surface area contributed by atoms with E-state index in [0.717, 1.165) is 6.07 Å². The summed E-state index contributed by atoms with van der Waals surface area (Å²) in [5.74, 6) is -0.162.